The van der Waals surface area contributed by atoms with E-state index >= 15 is 0 Å². The number of halogens is 2. The summed E-state index contributed by atoms with van der Waals surface area (Å²) in [6.07, 6.45) is -0.0202. The molecule has 0 aliphatic rings. The van der Waals surface area contributed by atoms with Crippen LogP contribution < -0.4 is 5.32 Å². The van der Waals surface area contributed by atoms with E-state index in [0.717, 1.165) is 16.5 Å². The Kier molecular flexibility index (Phi) is 7.55. The minimum absolute atomic E-state index is 0.0177. The molecule has 2 N–H and O–H groups in total. The maximum atomic E-state index is 11.8. The largest absolute Gasteiger partial charge is 0.478 e. The molecule has 0 aliphatic carbocycles. The molecular formula is C13H15F2NO4S. The highest BCUT2D eigenvalue weighted by Crippen LogP contribution is 2.15. The number of aliphatic carboxylic acids is 1. The number of hydrogen-bond acceptors (Lipinski definition) is 4. The second-order valence-corrected chi connectivity index (χ2v) is 5.01. The molecule has 1 amide bonds. The van der Waals surface area contributed by atoms with Crippen molar-refractivity contribution in [3.8, 4) is 0 Å². The molecule has 5 nitrogen and oxygen atoms in total. The van der Waals surface area contributed by atoms with E-state index in [2.05, 4.69) is 10.1 Å². The van der Waals surface area contributed by atoms with Gasteiger partial charge in [-0.25, -0.2) is 13.6 Å². The molecule has 0 radical (unpaired) electrons. The lowest BCUT2D eigenvalue weighted by atomic mass is 10.3. The van der Waals surface area contributed by atoms with Crippen molar-refractivity contribution in [2.75, 3.05) is 13.2 Å². The maximum Gasteiger partial charge on any atom is 0.328 e. The number of carboxylic acid groups (broad SMARTS) is 1. The van der Waals surface area contributed by atoms with Crippen molar-refractivity contribution >= 4 is 29.3 Å². The highest BCUT2D eigenvalue weighted by molar-refractivity contribution is 7.10. The second-order valence-electron chi connectivity index (χ2n) is 4.01. The van der Waals surface area contributed by atoms with Gasteiger partial charge in [-0.3, -0.25) is 4.79 Å². The van der Waals surface area contributed by atoms with Crippen molar-refractivity contribution in [1.29, 1.82) is 0 Å². The molecule has 8 heteroatoms. The zero-order valence-electron chi connectivity index (χ0n) is 11.1. The van der Waals surface area contributed by atoms with Crippen molar-refractivity contribution in [3.05, 3.63) is 28.0 Å². The van der Waals surface area contributed by atoms with Crippen molar-refractivity contribution < 1.29 is 28.2 Å². The number of alkyl halides is 2. The zero-order valence-corrected chi connectivity index (χ0v) is 11.9. The molecule has 0 atom stereocenters. The van der Waals surface area contributed by atoms with Crippen molar-refractivity contribution in [3.63, 3.8) is 0 Å². The molecule has 1 rings (SSSR count). The first-order valence-electron chi connectivity index (χ1n) is 6.08. The molecule has 0 aromatic carbocycles. The third kappa shape index (κ3) is 8.16. The minimum atomic E-state index is -2.53. The molecule has 0 unspecified atom stereocenters. The van der Waals surface area contributed by atoms with Gasteiger partial charge in [0.2, 0.25) is 5.91 Å². The van der Waals surface area contributed by atoms with Gasteiger partial charge in [0, 0.05) is 17.4 Å². The van der Waals surface area contributed by atoms with Crippen molar-refractivity contribution in [2.45, 2.75) is 19.4 Å². The van der Waals surface area contributed by atoms with E-state index in [-0.39, 0.29) is 18.9 Å². The van der Waals surface area contributed by atoms with Crippen LogP contribution in [0.2, 0.25) is 0 Å². The highest BCUT2D eigenvalue weighted by Gasteiger charge is 2.05. The minimum Gasteiger partial charge on any atom is -0.478 e. The first-order chi connectivity index (χ1) is 9.97. The van der Waals surface area contributed by atoms with Crippen LogP contribution in [0.15, 0.2) is 17.5 Å². The van der Waals surface area contributed by atoms with Crippen LogP contribution in [0.25, 0.3) is 6.08 Å². The Balaban J connectivity index is 2.25. The molecule has 116 valence electrons. The van der Waals surface area contributed by atoms with Crippen LogP contribution in [-0.2, 0) is 20.9 Å². The molecule has 1 heterocycles. The Morgan fingerprint density at radius 2 is 2.24 bits per heavy atom. The molecule has 21 heavy (non-hydrogen) atoms. The third-order valence-electron chi connectivity index (χ3n) is 2.27. The normalized spacial score (nSPS) is 11.2. The quantitative estimate of drug-likeness (QED) is 0.540. The van der Waals surface area contributed by atoms with Crippen LogP contribution >= 0.6 is 11.3 Å². The molecule has 0 fully saturated rings. The van der Waals surface area contributed by atoms with Crippen LogP contribution in [0.4, 0.5) is 8.78 Å². The van der Waals surface area contributed by atoms with E-state index in [9.17, 15) is 18.4 Å². The lowest BCUT2D eigenvalue weighted by Gasteiger charge is -2.04. The van der Waals surface area contributed by atoms with Gasteiger partial charge in [0.15, 0.2) is 0 Å². The van der Waals surface area contributed by atoms with Crippen LogP contribution in [0, 0.1) is 0 Å². The van der Waals surface area contributed by atoms with Gasteiger partial charge < -0.3 is 15.2 Å². The lowest BCUT2D eigenvalue weighted by Crippen LogP contribution is -2.23. The Labute approximate surface area is 124 Å². The molecule has 0 saturated carbocycles. The summed E-state index contributed by atoms with van der Waals surface area (Å²) >= 11 is 1.39. The number of thiophene rings is 1. The first-order valence-corrected chi connectivity index (χ1v) is 6.96. The predicted octanol–water partition coefficient (Wildman–Crippen LogP) is 2.13. The average molecular weight is 319 g/mol. The molecular weight excluding hydrogens is 304 g/mol. The van der Waals surface area contributed by atoms with Gasteiger partial charge in [-0.15, -0.1) is 11.3 Å². The molecule has 0 spiro atoms. The fraction of sp³-hybridized carbons (Fsp3) is 0.385. The van der Waals surface area contributed by atoms with Gasteiger partial charge in [0.25, 0.3) is 6.43 Å². The Morgan fingerprint density at radius 3 is 2.90 bits per heavy atom. The van der Waals surface area contributed by atoms with Crippen LogP contribution in [0.1, 0.15) is 16.9 Å². The average Bonchev–Trinajstić information content (AvgIpc) is 2.87. The van der Waals surface area contributed by atoms with Crippen LogP contribution in [-0.4, -0.2) is 36.6 Å². The van der Waals surface area contributed by atoms with E-state index in [1.165, 1.54) is 17.4 Å². The van der Waals surface area contributed by atoms with Gasteiger partial charge in [0.05, 0.1) is 13.2 Å². The van der Waals surface area contributed by atoms with E-state index in [4.69, 9.17) is 5.11 Å². The number of hydrogen-bond donors (Lipinski definition) is 2. The number of carbonyl (C=O) groups excluding carboxylic acids is 1. The lowest BCUT2D eigenvalue weighted by molar-refractivity contribution is -0.131. The smallest absolute Gasteiger partial charge is 0.328 e. The van der Waals surface area contributed by atoms with E-state index in [0.29, 0.717) is 6.54 Å². The summed E-state index contributed by atoms with van der Waals surface area (Å²) in [7, 11) is 0. The Hall–Kier alpha value is -1.80. The SMILES string of the molecule is O=C(O)/C=C/c1csc(CNC(=O)CCOCC(F)F)c1. The molecule has 0 bridgehead atoms. The first kappa shape index (κ1) is 17.3. The van der Waals surface area contributed by atoms with Gasteiger partial charge in [0.1, 0.15) is 6.61 Å². The predicted molar refractivity (Wildman–Crippen MR) is 74.3 cm³/mol. The molecule has 0 aliphatic heterocycles. The number of carbonyl (C=O) groups is 2. The maximum absolute atomic E-state index is 11.8. The molecule has 0 saturated heterocycles. The number of ether oxygens (including phenoxy) is 1. The van der Waals surface area contributed by atoms with Gasteiger partial charge in [-0.1, -0.05) is 0 Å². The zero-order chi connectivity index (χ0) is 15.7. The fourth-order valence-electron chi connectivity index (χ4n) is 1.36. The second kappa shape index (κ2) is 9.19. The summed E-state index contributed by atoms with van der Waals surface area (Å²) in [5.74, 6) is -1.32. The van der Waals surface area contributed by atoms with Crippen molar-refractivity contribution in [1.82, 2.24) is 5.32 Å². The summed E-state index contributed by atoms with van der Waals surface area (Å²) in [4.78, 5) is 22.6. The fourth-order valence-corrected chi connectivity index (χ4v) is 2.15. The molecule has 1 aromatic heterocycles. The van der Waals surface area contributed by atoms with E-state index in [1.54, 1.807) is 11.4 Å². The van der Waals surface area contributed by atoms with Crippen molar-refractivity contribution in [2.24, 2.45) is 0 Å². The Morgan fingerprint density at radius 1 is 1.48 bits per heavy atom. The van der Waals surface area contributed by atoms with Gasteiger partial charge >= 0.3 is 5.97 Å². The standard InChI is InChI=1S/C13H15F2NO4S/c14-11(15)7-20-4-3-12(17)16-6-10-5-9(8-21-10)1-2-13(18)19/h1-2,5,8,11H,3-4,6-7H2,(H,16,17)(H,18,19)/b2-1+. The highest BCUT2D eigenvalue weighted by atomic mass is 32.1. The number of amides is 1. The summed E-state index contributed by atoms with van der Waals surface area (Å²) in [5, 5.41) is 12.9. The Bertz CT molecular complexity index is 502. The van der Waals surface area contributed by atoms with E-state index < -0.39 is 19.0 Å². The molecule has 1 aromatic rings. The van der Waals surface area contributed by atoms with Gasteiger partial charge in [-0.2, -0.15) is 0 Å². The van der Waals surface area contributed by atoms with E-state index in [1.807, 2.05) is 0 Å². The monoisotopic (exact) mass is 319 g/mol. The summed E-state index contributed by atoms with van der Waals surface area (Å²) in [6.45, 7) is -0.413. The number of carboxylic acids is 1. The summed E-state index contributed by atoms with van der Waals surface area (Å²) in [5.41, 5.74) is 0.743. The summed E-state index contributed by atoms with van der Waals surface area (Å²) < 4.78 is 28.2. The summed E-state index contributed by atoms with van der Waals surface area (Å²) in [6, 6.07) is 1.76. The number of nitrogens with one attached hydrogen (secondary N) is 1. The van der Waals surface area contributed by atoms with Gasteiger partial charge in [-0.05, 0) is 23.1 Å². The topological polar surface area (TPSA) is 75.6 Å². The van der Waals surface area contributed by atoms with Crippen LogP contribution in [0.3, 0.4) is 0 Å². The van der Waals surface area contributed by atoms with Crippen LogP contribution in [0.5, 0.6) is 0 Å². The number of rotatable bonds is 9. The third-order valence-corrected chi connectivity index (χ3v) is 3.22.